The van der Waals surface area contributed by atoms with Crippen LogP contribution in [0.1, 0.15) is 25.3 Å². The van der Waals surface area contributed by atoms with E-state index in [2.05, 4.69) is 11.8 Å². The van der Waals surface area contributed by atoms with Gasteiger partial charge in [0.25, 0.3) is 0 Å². The van der Waals surface area contributed by atoms with Crippen molar-refractivity contribution in [1.82, 2.24) is 4.90 Å². The van der Waals surface area contributed by atoms with Crippen molar-refractivity contribution in [2.75, 3.05) is 13.7 Å². The molecular formula is C16H16FNO2. The van der Waals surface area contributed by atoms with E-state index in [1.165, 1.54) is 11.0 Å². The van der Waals surface area contributed by atoms with E-state index in [1.54, 1.807) is 26.1 Å². The van der Waals surface area contributed by atoms with E-state index in [0.29, 0.717) is 29.9 Å². The molecule has 0 aliphatic carbocycles. The zero-order chi connectivity index (χ0) is 14.5. The van der Waals surface area contributed by atoms with E-state index in [4.69, 9.17) is 4.74 Å². The SMILES string of the molecule is CC#CCOc1ccc(C2=CCCC(=O)N2C)c(F)c1. The maximum Gasteiger partial charge on any atom is 0.227 e. The molecule has 0 bridgehead atoms. The quantitative estimate of drug-likeness (QED) is 0.793. The first-order valence-corrected chi connectivity index (χ1v) is 6.42. The van der Waals surface area contributed by atoms with Gasteiger partial charge in [-0.15, -0.1) is 5.92 Å². The van der Waals surface area contributed by atoms with Crippen LogP contribution in [0.4, 0.5) is 4.39 Å². The molecule has 104 valence electrons. The van der Waals surface area contributed by atoms with Gasteiger partial charge >= 0.3 is 0 Å². The summed E-state index contributed by atoms with van der Waals surface area (Å²) >= 11 is 0. The fourth-order valence-electron chi connectivity index (χ4n) is 2.05. The first-order chi connectivity index (χ1) is 9.63. The number of rotatable bonds is 3. The number of ether oxygens (including phenoxy) is 1. The number of allylic oxidation sites excluding steroid dienone is 1. The number of nitrogens with zero attached hydrogens (tertiary/aromatic N) is 1. The summed E-state index contributed by atoms with van der Waals surface area (Å²) in [5, 5.41) is 0. The Morgan fingerprint density at radius 3 is 2.95 bits per heavy atom. The molecule has 1 aliphatic rings. The summed E-state index contributed by atoms with van der Waals surface area (Å²) in [5.74, 6) is 5.48. The van der Waals surface area contributed by atoms with E-state index in [0.717, 1.165) is 0 Å². The van der Waals surface area contributed by atoms with E-state index >= 15 is 0 Å². The number of amides is 1. The van der Waals surface area contributed by atoms with Crippen LogP contribution in [0.2, 0.25) is 0 Å². The van der Waals surface area contributed by atoms with Gasteiger partial charge in [-0.2, -0.15) is 0 Å². The molecule has 1 heterocycles. The van der Waals surface area contributed by atoms with Crippen LogP contribution >= 0.6 is 0 Å². The van der Waals surface area contributed by atoms with Gasteiger partial charge in [0.2, 0.25) is 5.91 Å². The molecule has 0 saturated carbocycles. The lowest BCUT2D eigenvalue weighted by Gasteiger charge is -2.25. The minimum atomic E-state index is -0.403. The molecule has 0 N–H and O–H groups in total. The summed E-state index contributed by atoms with van der Waals surface area (Å²) in [5.41, 5.74) is 1.02. The molecule has 0 fully saturated rings. The molecule has 1 aromatic rings. The van der Waals surface area contributed by atoms with Crippen molar-refractivity contribution in [2.45, 2.75) is 19.8 Å². The lowest BCUT2D eigenvalue weighted by Crippen LogP contribution is -2.28. The highest BCUT2D eigenvalue weighted by atomic mass is 19.1. The van der Waals surface area contributed by atoms with Crippen LogP contribution in [0.5, 0.6) is 5.75 Å². The summed E-state index contributed by atoms with van der Waals surface area (Å²) in [4.78, 5) is 13.1. The highest BCUT2D eigenvalue weighted by Gasteiger charge is 2.21. The Hall–Kier alpha value is -2.28. The average Bonchev–Trinajstić information content (AvgIpc) is 2.43. The number of hydrogen-bond acceptors (Lipinski definition) is 2. The van der Waals surface area contributed by atoms with Crippen molar-refractivity contribution in [2.24, 2.45) is 0 Å². The molecular weight excluding hydrogens is 257 g/mol. The molecule has 1 aliphatic heterocycles. The van der Waals surface area contributed by atoms with Crippen LogP contribution in [0, 0.1) is 17.7 Å². The van der Waals surface area contributed by atoms with Crippen molar-refractivity contribution in [3.63, 3.8) is 0 Å². The van der Waals surface area contributed by atoms with Gasteiger partial charge in [-0.1, -0.05) is 12.0 Å². The topological polar surface area (TPSA) is 29.5 Å². The van der Waals surface area contributed by atoms with Crippen molar-refractivity contribution in [1.29, 1.82) is 0 Å². The third kappa shape index (κ3) is 3.00. The lowest BCUT2D eigenvalue weighted by molar-refractivity contribution is -0.127. The first kappa shape index (κ1) is 14.1. The predicted octanol–water partition coefficient (Wildman–Crippen LogP) is 2.82. The van der Waals surface area contributed by atoms with Crippen LogP contribution < -0.4 is 4.74 Å². The van der Waals surface area contributed by atoms with Crippen LogP contribution in [-0.2, 0) is 4.79 Å². The molecule has 4 heteroatoms. The summed E-state index contributed by atoms with van der Waals surface area (Å²) in [6, 6.07) is 4.63. The molecule has 0 spiro atoms. The number of halogens is 1. The van der Waals surface area contributed by atoms with Gasteiger partial charge in [-0.25, -0.2) is 4.39 Å². The minimum absolute atomic E-state index is 0.000414. The Balaban J connectivity index is 2.23. The van der Waals surface area contributed by atoms with Crippen molar-refractivity contribution in [3.8, 4) is 17.6 Å². The maximum absolute atomic E-state index is 14.1. The molecule has 0 atom stereocenters. The van der Waals surface area contributed by atoms with Gasteiger partial charge < -0.3 is 9.64 Å². The number of carbonyl (C=O) groups excluding carboxylic acids is 1. The molecule has 1 aromatic carbocycles. The Morgan fingerprint density at radius 1 is 1.45 bits per heavy atom. The van der Waals surface area contributed by atoms with Crippen LogP contribution in [0.15, 0.2) is 24.3 Å². The Labute approximate surface area is 118 Å². The van der Waals surface area contributed by atoms with Gasteiger partial charge in [-0.3, -0.25) is 4.79 Å². The monoisotopic (exact) mass is 273 g/mol. The molecule has 0 aromatic heterocycles. The number of benzene rings is 1. The minimum Gasteiger partial charge on any atom is -0.481 e. The van der Waals surface area contributed by atoms with E-state index in [9.17, 15) is 9.18 Å². The van der Waals surface area contributed by atoms with Gasteiger partial charge in [0.15, 0.2) is 0 Å². The highest BCUT2D eigenvalue weighted by Crippen LogP contribution is 2.28. The molecule has 0 radical (unpaired) electrons. The van der Waals surface area contributed by atoms with Gasteiger partial charge in [0.05, 0.1) is 0 Å². The highest BCUT2D eigenvalue weighted by molar-refractivity contribution is 5.88. The second-order valence-electron chi connectivity index (χ2n) is 4.44. The van der Waals surface area contributed by atoms with Gasteiger partial charge in [0.1, 0.15) is 18.2 Å². The maximum atomic E-state index is 14.1. The molecule has 0 unspecified atom stereocenters. The summed E-state index contributed by atoms with van der Waals surface area (Å²) in [6.45, 7) is 1.95. The van der Waals surface area contributed by atoms with Crippen LogP contribution in [0.25, 0.3) is 5.70 Å². The summed E-state index contributed by atoms with van der Waals surface area (Å²) in [7, 11) is 1.66. The molecule has 2 rings (SSSR count). The zero-order valence-corrected chi connectivity index (χ0v) is 11.6. The fourth-order valence-corrected chi connectivity index (χ4v) is 2.05. The Kier molecular flexibility index (Phi) is 4.41. The first-order valence-electron chi connectivity index (χ1n) is 6.42. The van der Waals surface area contributed by atoms with Crippen molar-refractivity contribution in [3.05, 3.63) is 35.7 Å². The third-order valence-corrected chi connectivity index (χ3v) is 3.14. The Bertz CT molecular complexity index is 611. The lowest BCUT2D eigenvalue weighted by atomic mass is 10.0. The van der Waals surface area contributed by atoms with Gasteiger partial charge in [0, 0.05) is 30.8 Å². The number of carbonyl (C=O) groups is 1. The third-order valence-electron chi connectivity index (χ3n) is 3.14. The van der Waals surface area contributed by atoms with Crippen molar-refractivity contribution >= 4 is 11.6 Å². The standard InChI is InChI=1S/C16H16FNO2/c1-3-4-10-20-12-8-9-13(14(17)11-12)15-6-5-7-16(19)18(15)2/h6,8-9,11H,5,7,10H2,1-2H3. The molecule has 0 saturated heterocycles. The van der Waals surface area contributed by atoms with Crippen LogP contribution in [0.3, 0.4) is 0 Å². The average molecular weight is 273 g/mol. The zero-order valence-electron chi connectivity index (χ0n) is 11.6. The molecule has 20 heavy (non-hydrogen) atoms. The number of hydrogen-bond donors (Lipinski definition) is 0. The normalized spacial score (nSPS) is 14.4. The van der Waals surface area contributed by atoms with Gasteiger partial charge in [-0.05, 0) is 25.5 Å². The summed E-state index contributed by atoms with van der Waals surface area (Å²) in [6.07, 6.45) is 2.99. The molecule has 1 amide bonds. The predicted molar refractivity (Wildman–Crippen MR) is 75.3 cm³/mol. The van der Waals surface area contributed by atoms with Crippen LogP contribution in [-0.4, -0.2) is 24.5 Å². The van der Waals surface area contributed by atoms with E-state index in [-0.39, 0.29) is 12.5 Å². The second kappa shape index (κ2) is 6.25. The smallest absolute Gasteiger partial charge is 0.227 e. The largest absolute Gasteiger partial charge is 0.481 e. The fraction of sp³-hybridized carbons (Fsp3) is 0.312. The summed E-state index contributed by atoms with van der Waals surface area (Å²) < 4.78 is 19.5. The second-order valence-corrected chi connectivity index (χ2v) is 4.44. The molecule has 3 nitrogen and oxygen atoms in total. The Morgan fingerprint density at radius 2 is 2.25 bits per heavy atom. The van der Waals surface area contributed by atoms with E-state index < -0.39 is 5.82 Å². The van der Waals surface area contributed by atoms with Crippen molar-refractivity contribution < 1.29 is 13.9 Å². The van der Waals surface area contributed by atoms with E-state index in [1.807, 2.05) is 6.08 Å².